The number of ether oxygens (including phenoxy) is 2. The molecule has 2 N–H and O–H groups in total. The third-order valence-corrected chi connectivity index (χ3v) is 3.08. The number of hydrogen-bond acceptors (Lipinski definition) is 5. The Balaban J connectivity index is 2.01. The fourth-order valence-electron chi connectivity index (χ4n) is 2.12. The number of rotatable bonds is 5. The van der Waals surface area contributed by atoms with Gasteiger partial charge in [0.15, 0.2) is 17.1 Å². The summed E-state index contributed by atoms with van der Waals surface area (Å²) >= 11 is 0. The molecule has 0 spiro atoms. The van der Waals surface area contributed by atoms with Crippen LogP contribution in [0.4, 0.5) is 0 Å². The highest BCUT2D eigenvalue weighted by molar-refractivity contribution is 5.80. The first kappa shape index (κ1) is 13.4. The number of H-pyrrole nitrogens is 1. The van der Waals surface area contributed by atoms with Crippen molar-refractivity contribution in [3.8, 4) is 22.8 Å². The summed E-state index contributed by atoms with van der Waals surface area (Å²) in [5.74, 6) is 1.21. The van der Waals surface area contributed by atoms with E-state index in [0.717, 1.165) is 22.4 Å². The van der Waals surface area contributed by atoms with Crippen molar-refractivity contribution in [3.05, 3.63) is 36.7 Å². The lowest BCUT2D eigenvalue weighted by atomic mass is 10.1. The summed E-state index contributed by atoms with van der Waals surface area (Å²) in [6.07, 6.45) is 3.30. The Morgan fingerprint density at radius 3 is 2.76 bits per heavy atom. The molecule has 0 bridgehead atoms. The number of methoxy groups -OCH3 is 1. The lowest BCUT2D eigenvalue weighted by Crippen LogP contribution is -2.03. The number of nitrogens with one attached hydrogen (secondary N) is 1. The molecule has 6 heteroatoms. The van der Waals surface area contributed by atoms with Crippen LogP contribution in [0.25, 0.3) is 22.4 Å². The van der Waals surface area contributed by atoms with Gasteiger partial charge in [-0.2, -0.15) is 0 Å². The minimum atomic E-state index is -0.0480. The summed E-state index contributed by atoms with van der Waals surface area (Å²) in [7, 11) is 1.58. The van der Waals surface area contributed by atoms with E-state index in [1.54, 1.807) is 19.5 Å². The summed E-state index contributed by atoms with van der Waals surface area (Å²) in [4.78, 5) is 11.7. The van der Waals surface area contributed by atoms with Crippen molar-refractivity contribution in [1.82, 2.24) is 15.0 Å². The maximum atomic E-state index is 8.88. The minimum absolute atomic E-state index is 0.0480. The predicted octanol–water partition coefficient (Wildman–Crippen LogP) is 2.00. The standard InChI is InChI=1S/C15H15N3O3/c1-20-13-3-2-10(8-14(13)21-7-6-19)11-9-12-15(18-11)17-5-4-16-12/h2-5,8-9,19H,6-7H2,1H3,(H,17,18). The van der Waals surface area contributed by atoms with Crippen LogP contribution in [-0.4, -0.2) is 40.4 Å². The molecule has 2 heterocycles. The first-order valence-corrected chi connectivity index (χ1v) is 6.53. The average molecular weight is 285 g/mol. The average Bonchev–Trinajstić information content (AvgIpc) is 2.96. The molecule has 0 saturated heterocycles. The number of nitrogens with zero attached hydrogens (tertiary/aromatic N) is 2. The number of benzene rings is 1. The smallest absolute Gasteiger partial charge is 0.161 e. The molecule has 0 atom stereocenters. The van der Waals surface area contributed by atoms with E-state index in [9.17, 15) is 0 Å². The number of aliphatic hydroxyl groups is 1. The number of aliphatic hydroxyl groups excluding tert-OH is 1. The van der Waals surface area contributed by atoms with Crippen molar-refractivity contribution >= 4 is 11.2 Å². The van der Waals surface area contributed by atoms with Crippen LogP contribution in [0, 0.1) is 0 Å². The third-order valence-electron chi connectivity index (χ3n) is 3.08. The lowest BCUT2D eigenvalue weighted by Gasteiger charge is -2.11. The van der Waals surface area contributed by atoms with Crippen molar-refractivity contribution in [1.29, 1.82) is 0 Å². The van der Waals surface area contributed by atoms with Crippen molar-refractivity contribution < 1.29 is 14.6 Å². The fourth-order valence-corrected chi connectivity index (χ4v) is 2.12. The second kappa shape index (κ2) is 5.80. The molecule has 0 amide bonds. The van der Waals surface area contributed by atoms with E-state index in [1.165, 1.54) is 0 Å². The quantitative estimate of drug-likeness (QED) is 0.749. The lowest BCUT2D eigenvalue weighted by molar-refractivity contribution is 0.196. The van der Waals surface area contributed by atoms with Gasteiger partial charge in [-0.3, -0.25) is 4.98 Å². The van der Waals surface area contributed by atoms with Gasteiger partial charge in [-0.15, -0.1) is 0 Å². The van der Waals surface area contributed by atoms with Crippen molar-refractivity contribution in [3.63, 3.8) is 0 Å². The number of aromatic amines is 1. The van der Waals surface area contributed by atoms with Gasteiger partial charge in [-0.25, -0.2) is 4.98 Å². The molecule has 0 aliphatic carbocycles. The Morgan fingerprint density at radius 1 is 1.14 bits per heavy atom. The highest BCUT2D eigenvalue weighted by Crippen LogP contribution is 2.32. The van der Waals surface area contributed by atoms with E-state index in [0.29, 0.717) is 11.5 Å². The van der Waals surface area contributed by atoms with Gasteiger partial charge in [-0.05, 0) is 24.3 Å². The van der Waals surface area contributed by atoms with Gasteiger partial charge in [0.1, 0.15) is 12.1 Å². The van der Waals surface area contributed by atoms with Crippen LogP contribution in [0.5, 0.6) is 11.5 Å². The monoisotopic (exact) mass is 285 g/mol. The zero-order valence-electron chi connectivity index (χ0n) is 11.5. The normalized spacial score (nSPS) is 10.8. The molecular formula is C15H15N3O3. The van der Waals surface area contributed by atoms with Crippen LogP contribution in [0.3, 0.4) is 0 Å². The summed E-state index contributed by atoms with van der Waals surface area (Å²) in [6, 6.07) is 7.54. The largest absolute Gasteiger partial charge is 0.493 e. The first-order chi connectivity index (χ1) is 10.3. The van der Waals surface area contributed by atoms with Crippen LogP contribution in [0.2, 0.25) is 0 Å². The molecule has 0 aliphatic rings. The number of fused-ring (bicyclic) bond motifs is 1. The Labute approximate surface area is 121 Å². The van der Waals surface area contributed by atoms with Crippen LogP contribution >= 0.6 is 0 Å². The van der Waals surface area contributed by atoms with Crippen molar-refractivity contribution in [2.75, 3.05) is 20.3 Å². The summed E-state index contributed by atoms with van der Waals surface area (Å²) in [5, 5.41) is 8.88. The van der Waals surface area contributed by atoms with E-state index in [4.69, 9.17) is 14.6 Å². The van der Waals surface area contributed by atoms with Crippen molar-refractivity contribution in [2.24, 2.45) is 0 Å². The molecule has 3 rings (SSSR count). The van der Waals surface area contributed by atoms with Gasteiger partial charge in [0.05, 0.1) is 13.7 Å². The van der Waals surface area contributed by atoms with Crippen LogP contribution < -0.4 is 9.47 Å². The topological polar surface area (TPSA) is 80.3 Å². The molecular weight excluding hydrogens is 270 g/mol. The third kappa shape index (κ3) is 2.66. The SMILES string of the molecule is COc1ccc(-c2cc3nccnc3[nH]2)cc1OCCO. The Bertz CT molecular complexity index is 722. The Morgan fingerprint density at radius 2 is 2.00 bits per heavy atom. The Hall–Kier alpha value is -2.60. The van der Waals surface area contributed by atoms with Crippen LogP contribution in [0.15, 0.2) is 36.7 Å². The van der Waals surface area contributed by atoms with Gasteiger partial charge >= 0.3 is 0 Å². The molecule has 2 aromatic heterocycles. The summed E-state index contributed by atoms with van der Waals surface area (Å²) in [6.45, 7) is 0.170. The molecule has 0 aliphatic heterocycles. The molecule has 108 valence electrons. The van der Waals surface area contributed by atoms with Gasteiger partial charge < -0.3 is 19.6 Å². The maximum absolute atomic E-state index is 8.88. The summed E-state index contributed by atoms with van der Waals surface area (Å²) < 4.78 is 10.7. The van der Waals surface area contributed by atoms with Gasteiger partial charge in [0.25, 0.3) is 0 Å². The molecule has 1 aromatic carbocycles. The molecule has 0 unspecified atom stereocenters. The molecule has 0 radical (unpaired) electrons. The van der Waals surface area contributed by atoms with Gasteiger partial charge in [0, 0.05) is 23.7 Å². The molecule has 3 aromatic rings. The zero-order chi connectivity index (χ0) is 14.7. The molecule has 0 saturated carbocycles. The maximum Gasteiger partial charge on any atom is 0.161 e. The van der Waals surface area contributed by atoms with Crippen molar-refractivity contribution in [2.45, 2.75) is 0 Å². The second-order valence-electron chi connectivity index (χ2n) is 4.41. The Kier molecular flexibility index (Phi) is 3.70. The van der Waals surface area contributed by atoms with Gasteiger partial charge in [0.2, 0.25) is 0 Å². The first-order valence-electron chi connectivity index (χ1n) is 6.53. The molecule has 6 nitrogen and oxygen atoms in total. The second-order valence-corrected chi connectivity index (χ2v) is 4.41. The number of aromatic nitrogens is 3. The van der Waals surface area contributed by atoms with Gasteiger partial charge in [-0.1, -0.05) is 0 Å². The fraction of sp³-hybridized carbons (Fsp3) is 0.200. The van der Waals surface area contributed by atoms with E-state index in [2.05, 4.69) is 15.0 Å². The molecule has 0 fully saturated rings. The summed E-state index contributed by atoms with van der Waals surface area (Å²) in [5.41, 5.74) is 3.37. The highest BCUT2D eigenvalue weighted by atomic mass is 16.5. The van der Waals surface area contributed by atoms with Crippen LogP contribution in [0.1, 0.15) is 0 Å². The predicted molar refractivity (Wildman–Crippen MR) is 78.5 cm³/mol. The van der Waals surface area contributed by atoms with Crippen LogP contribution in [-0.2, 0) is 0 Å². The zero-order valence-corrected chi connectivity index (χ0v) is 11.5. The van der Waals surface area contributed by atoms with E-state index >= 15 is 0 Å². The van der Waals surface area contributed by atoms with E-state index < -0.39 is 0 Å². The van der Waals surface area contributed by atoms with E-state index in [1.807, 2.05) is 24.3 Å². The van der Waals surface area contributed by atoms with E-state index in [-0.39, 0.29) is 13.2 Å². The molecule has 21 heavy (non-hydrogen) atoms. The number of hydrogen-bond donors (Lipinski definition) is 2. The minimum Gasteiger partial charge on any atom is -0.493 e. The highest BCUT2D eigenvalue weighted by Gasteiger charge is 2.10.